The lowest BCUT2D eigenvalue weighted by Gasteiger charge is -2.12. The Hall–Kier alpha value is -2.88. The number of carbonyl (C=O) groups excluding carboxylic acids is 3. The molecule has 0 unspecified atom stereocenters. The van der Waals surface area contributed by atoms with E-state index in [9.17, 15) is 27.6 Å². The number of aromatic nitrogens is 2. The summed E-state index contributed by atoms with van der Waals surface area (Å²) in [5, 5.41) is 2.62. The van der Waals surface area contributed by atoms with Gasteiger partial charge in [0.2, 0.25) is 0 Å². The van der Waals surface area contributed by atoms with Crippen molar-refractivity contribution in [3.63, 3.8) is 0 Å². The molecule has 7 nitrogen and oxygen atoms in total. The van der Waals surface area contributed by atoms with Crippen molar-refractivity contribution in [3.05, 3.63) is 51.8 Å². The average Bonchev–Trinajstić information content (AvgIpc) is 2.97. The Morgan fingerprint density at radius 2 is 1.68 bits per heavy atom. The molecular formula is C14H7ClF3N3O4. The average molecular weight is 374 g/mol. The minimum absolute atomic E-state index is 0.0320. The second kappa shape index (κ2) is 5.59. The van der Waals surface area contributed by atoms with E-state index in [0.717, 1.165) is 7.05 Å². The lowest BCUT2D eigenvalue weighted by Crippen LogP contribution is -2.33. The molecular weight excluding hydrogens is 367 g/mol. The SMILES string of the molecule is Cn1nc(C(=O)ON2C(=O)c3ccccc3C2=O)c(C(F)(F)F)c1Cl. The van der Waals surface area contributed by atoms with Crippen molar-refractivity contribution in [2.75, 3.05) is 0 Å². The van der Waals surface area contributed by atoms with Crippen LogP contribution in [0.2, 0.25) is 5.15 Å². The van der Waals surface area contributed by atoms with Crippen LogP contribution in [0, 0.1) is 0 Å². The third kappa shape index (κ3) is 2.64. The summed E-state index contributed by atoms with van der Waals surface area (Å²) in [7, 11) is 1.09. The molecule has 2 aromatic rings. The zero-order valence-electron chi connectivity index (χ0n) is 12.3. The maximum atomic E-state index is 13.1. The molecule has 2 heterocycles. The van der Waals surface area contributed by atoms with E-state index in [4.69, 9.17) is 11.6 Å². The van der Waals surface area contributed by atoms with Gasteiger partial charge in [0.1, 0.15) is 10.7 Å². The summed E-state index contributed by atoms with van der Waals surface area (Å²) < 4.78 is 39.8. The first-order valence-electron chi connectivity index (χ1n) is 6.62. The van der Waals surface area contributed by atoms with E-state index in [1.54, 1.807) is 0 Å². The molecule has 0 saturated heterocycles. The minimum Gasteiger partial charge on any atom is -0.322 e. The van der Waals surface area contributed by atoms with E-state index in [0.29, 0.717) is 4.68 Å². The summed E-state index contributed by atoms with van der Waals surface area (Å²) in [4.78, 5) is 40.8. The highest BCUT2D eigenvalue weighted by Crippen LogP contribution is 2.37. The van der Waals surface area contributed by atoms with Crippen LogP contribution in [0.5, 0.6) is 0 Å². The highest BCUT2D eigenvalue weighted by Gasteiger charge is 2.44. The summed E-state index contributed by atoms with van der Waals surface area (Å²) in [6, 6.07) is 5.61. The molecule has 0 radical (unpaired) electrons. The van der Waals surface area contributed by atoms with Crippen molar-refractivity contribution in [2.45, 2.75) is 6.18 Å². The fraction of sp³-hybridized carbons (Fsp3) is 0.143. The Kier molecular flexibility index (Phi) is 3.79. The van der Waals surface area contributed by atoms with Gasteiger partial charge in [-0.3, -0.25) is 14.3 Å². The summed E-state index contributed by atoms with van der Waals surface area (Å²) in [6.07, 6.45) is -4.98. The second-order valence-corrected chi connectivity index (χ2v) is 5.32. The molecule has 3 rings (SSSR count). The first-order chi connectivity index (χ1) is 11.6. The van der Waals surface area contributed by atoms with Crippen LogP contribution in [0.1, 0.15) is 36.8 Å². The summed E-state index contributed by atoms with van der Waals surface area (Å²) in [5.74, 6) is -3.57. The van der Waals surface area contributed by atoms with Crippen LogP contribution < -0.4 is 0 Å². The molecule has 0 saturated carbocycles. The largest absolute Gasteiger partial charge is 0.421 e. The number of carbonyl (C=O) groups is 3. The van der Waals surface area contributed by atoms with Gasteiger partial charge in [-0.1, -0.05) is 28.8 Å². The van der Waals surface area contributed by atoms with Crippen LogP contribution in [0.3, 0.4) is 0 Å². The summed E-state index contributed by atoms with van der Waals surface area (Å²) in [5.41, 5.74) is -2.74. The fourth-order valence-electron chi connectivity index (χ4n) is 2.27. The number of imide groups is 1. The third-order valence-electron chi connectivity index (χ3n) is 3.39. The topological polar surface area (TPSA) is 81.5 Å². The standard InChI is InChI=1S/C14H7ClF3N3O4/c1-20-10(15)8(14(16,17)18)9(19-20)13(24)25-21-11(22)6-4-2-3-5-7(6)12(21)23/h2-5H,1H3. The van der Waals surface area contributed by atoms with Gasteiger partial charge in [0, 0.05) is 7.05 Å². The van der Waals surface area contributed by atoms with Crippen molar-refractivity contribution in [1.82, 2.24) is 14.8 Å². The van der Waals surface area contributed by atoms with Crippen LogP contribution in [0.15, 0.2) is 24.3 Å². The highest BCUT2D eigenvalue weighted by molar-refractivity contribution is 6.31. The summed E-state index contributed by atoms with van der Waals surface area (Å²) >= 11 is 5.51. The van der Waals surface area contributed by atoms with Gasteiger partial charge in [-0.15, -0.1) is 0 Å². The number of alkyl halides is 3. The molecule has 130 valence electrons. The van der Waals surface area contributed by atoms with E-state index in [2.05, 4.69) is 9.94 Å². The number of hydrogen-bond acceptors (Lipinski definition) is 5. The predicted octanol–water partition coefficient (Wildman–Crippen LogP) is 2.46. The van der Waals surface area contributed by atoms with Gasteiger partial charge in [0.05, 0.1) is 11.1 Å². The Bertz CT molecular complexity index is 888. The number of amides is 2. The molecule has 0 aliphatic carbocycles. The zero-order chi connectivity index (χ0) is 18.5. The van der Waals surface area contributed by atoms with E-state index in [1.165, 1.54) is 24.3 Å². The monoisotopic (exact) mass is 373 g/mol. The first kappa shape index (κ1) is 17.0. The molecule has 0 spiro atoms. The van der Waals surface area contributed by atoms with E-state index in [-0.39, 0.29) is 16.2 Å². The third-order valence-corrected chi connectivity index (χ3v) is 3.82. The quantitative estimate of drug-likeness (QED) is 0.755. The Labute approximate surface area is 142 Å². The second-order valence-electron chi connectivity index (χ2n) is 4.96. The molecule has 25 heavy (non-hydrogen) atoms. The normalized spacial score (nSPS) is 14.0. The molecule has 2 amide bonds. The van der Waals surface area contributed by atoms with Gasteiger partial charge in [0.15, 0.2) is 5.69 Å². The van der Waals surface area contributed by atoms with Gasteiger partial charge in [0.25, 0.3) is 11.8 Å². The number of nitrogens with zero attached hydrogens (tertiary/aromatic N) is 3. The van der Waals surface area contributed by atoms with E-state index < -0.39 is 40.4 Å². The lowest BCUT2D eigenvalue weighted by atomic mass is 10.1. The van der Waals surface area contributed by atoms with Crippen molar-refractivity contribution >= 4 is 29.4 Å². The molecule has 0 bridgehead atoms. The van der Waals surface area contributed by atoms with Crippen molar-refractivity contribution in [3.8, 4) is 0 Å². The maximum absolute atomic E-state index is 13.1. The molecule has 1 aliphatic rings. The van der Waals surface area contributed by atoms with Gasteiger partial charge >= 0.3 is 12.1 Å². The zero-order valence-corrected chi connectivity index (χ0v) is 13.1. The van der Waals surface area contributed by atoms with E-state index >= 15 is 0 Å². The lowest BCUT2D eigenvalue weighted by molar-refractivity contribution is -0.138. The number of aryl methyl sites for hydroxylation is 1. The molecule has 11 heteroatoms. The molecule has 1 aliphatic heterocycles. The summed E-state index contributed by atoms with van der Waals surface area (Å²) in [6.45, 7) is 0. The van der Waals surface area contributed by atoms with E-state index in [1.807, 2.05) is 0 Å². The van der Waals surface area contributed by atoms with Crippen LogP contribution in [-0.4, -0.2) is 32.6 Å². The number of benzene rings is 1. The van der Waals surface area contributed by atoms with Gasteiger partial charge in [-0.2, -0.15) is 18.3 Å². The molecule has 1 aromatic heterocycles. The number of rotatable bonds is 2. The van der Waals surface area contributed by atoms with Gasteiger partial charge < -0.3 is 4.84 Å². The van der Waals surface area contributed by atoms with Crippen molar-refractivity contribution in [1.29, 1.82) is 0 Å². The van der Waals surface area contributed by atoms with Gasteiger partial charge in [-0.05, 0) is 12.1 Å². The minimum atomic E-state index is -4.98. The van der Waals surface area contributed by atoms with Crippen molar-refractivity contribution in [2.24, 2.45) is 7.05 Å². The first-order valence-corrected chi connectivity index (χ1v) is 7.00. The number of hydroxylamine groups is 2. The molecule has 1 aromatic carbocycles. The Balaban J connectivity index is 1.94. The highest BCUT2D eigenvalue weighted by atomic mass is 35.5. The number of halogens is 4. The Morgan fingerprint density at radius 1 is 1.16 bits per heavy atom. The van der Waals surface area contributed by atoms with Crippen LogP contribution in [-0.2, 0) is 18.1 Å². The van der Waals surface area contributed by atoms with Crippen LogP contribution >= 0.6 is 11.6 Å². The predicted molar refractivity (Wildman–Crippen MR) is 75.6 cm³/mol. The van der Waals surface area contributed by atoms with Gasteiger partial charge in [-0.25, -0.2) is 4.79 Å². The smallest absolute Gasteiger partial charge is 0.322 e. The van der Waals surface area contributed by atoms with Crippen LogP contribution in [0.4, 0.5) is 13.2 Å². The van der Waals surface area contributed by atoms with Crippen LogP contribution in [0.25, 0.3) is 0 Å². The fourth-order valence-corrected chi connectivity index (χ4v) is 2.51. The Morgan fingerprint density at radius 3 is 2.16 bits per heavy atom. The number of hydrogen-bond donors (Lipinski definition) is 0. The number of fused-ring (bicyclic) bond motifs is 1. The molecule has 0 N–H and O–H groups in total. The maximum Gasteiger partial charge on any atom is 0.421 e. The van der Waals surface area contributed by atoms with Crippen molar-refractivity contribution < 1.29 is 32.4 Å². The molecule has 0 atom stereocenters. The molecule has 0 fully saturated rings.